The predicted molar refractivity (Wildman–Crippen MR) is 168 cm³/mol. The van der Waals surface area contributed by atoms with Crippen LogP contribution in [0.4, 0.5) is 0 Å². The summed E-state index contributed by atoms with van der Waals surface area (Å²) in [5, 5.41) is 26.4. The fourth-order valence-electron chi connectivity index (χ4n) is 7.11. The molecule has 0 amide bonds. The van der Waals surface area contributed by atoms with E-state index in [2.05, 4.69) is 0 Å². The number of fused-ring (bicyclic) bond motifs is 9. The Kier molecular flexibility index (Phi) is 5.85. The number of phenols is 2. The predicted octanol–water partition coefficient (Wildman–Crippen LogP) is 7.22. The summed E-state index contributed by atoms with van der Waals surface area (Å²) in [6, 6.07) is 12.8. The van der Waals surface area contributed by atoms with Crippen molar-refractivity contribution in [1.82, 2.24) is 0 Å². The number of aromatic hydroxyl groups is 2. The monoisotopic (exact) mass is 594 g/mol. The average Bonchev–Trinajstić information content (AvgIpc) is 3.00. The number of methoxy groups -OCH3 is 3. The van der Waals surface area contributed by atoms with Crippen LogP contribution in [0.3, 0.4) is 0 Å². The first-order chi connectivity index (χ1) is 20.9. The second-order valence-corrected chi connectivity index (χ2v) is 12.3. The molecule has 0 unspecified atom stereocenters. The van der Waals surface area contributed by atoms with Gasteiger partial charge in [0, 0.05) is 29.0 Å². The fourth-order valence-corrected chi connectivity index (χ4v) is 7.11. The first kappa shape index (κ1) is 28.1. The Bertz CT molecular complexity index is 2090. The van der Waals surface area contributed by atoms with Crippen molar-refractivity contribution < 1.29 is 38.7 Å². The molecule has 5 aromatic carbocycles. The van der Waals surface area contributed by atoms with E-state index in [9.17, 15) is 15.0 Å². The maximum atomic E-state index is 14.5. The van der Waals surface area contributed by atoms with Gasteiger partial charge in [-0.15, -0.1) is 0 Å². The number of aryl methyl sites for hydroxylation is 3. The normalized spacial score (nSPS) is 20.1. The van der Waals surface area contributed by atoms with Gasteiger partial charge in [-0.2, -0.15) is 0 Å². The van der Waals surface area contributed by atoms with E-state index in [0.717, 1.165) is 38.2 Å². The summed E-state index contributed by atoms with van der Waals surface area (Å²) in [6.45, 7) is 9.27. The number of hydrogen-bond acceptors (Lipinski definition) is 8. The maximum Gasteiger partial charge on any atom is 0.313 e. The molecule has 0 spiro atoms. The highest BCUT2D eigenvalue weighted by molar-refractivity contribution is 6.13. The van der Waals surface area contributed by atoms with E-state index in [1.54, 1.807) is 40.2 Å². The van der Waals surface area contributed by atoms with Gasteiger partial charge in [-0.25, -0.2) is 0 Å². The zero-order valence-electron chi connectivity index (χ0n) is 26.0. The molecule has 2 N–H and O–H groups in total. The van der Waals surface area contributed by atoms with Crippen LogP contribution in [0.5, 0.6) is 34.5 Å². The Hall–Kier alpha value is -4.69. The molecule has 5 aromatic rings. The number of carbonyl (C=O) groups is 1. The lowest BCUT2D eigenvalue weighted by molar-refractivity contribution is -0.233. The summed E-state index contributed by atoms with van der Waals surface area (Å²) in [6.07, 6.45) is -1.01. The van der Waals surface area contributed by atoms with Gasteiger partial charge >= 0.3 is 5.79 Å². The van der Waals surface area contributed by atoms with Crippen molar-refractivity contribution in [3.8, 4) is 34.5 Å². The first-order valence-corrected chi connectivity index (χ1v) is 14.5. The molecule has 8 nitrogen and oxygen atoms in total. The molecule has 0 aromatic heterocycles. The molecule has 0 saturated heterocycles. The molecule has 44 heavy (non-hydrogen) atoms. The summed E-state index contributed by atoms with van der Waals surface area (Å²) in [4.78, 5) is 14.5. The molecule has 226 valence electrons. The third kappa shape index (κ3) is 3.46. The number of benzene rings is 5. The van der Waals surface area contributed by atoms with Crippen LogP contribution >= 0.6 is 0 Å². The smallest absolute Gasteiger partial charge is 0.313 e. The molecule has 0 saturated carbocycles. The number of hydrogen-bond donors (Lipinski definition) is 2. The Labute approximate surface area is 254 Å². The summed E-state index contributed by atoms with van der Waals surface area (Å²) >= 11 is 0. The molecule has 1 heterocycles. The van der Waals surface area contributed by atoms with Gasteiger partial charge in [-0.05, 0) is 115 Å². The lowest BCUT2D eigenvalue weighted by atomic mass is 9.66. The molecule has 0 radical (unpaired) electrons. The van der Waals surface area contributed by atoms with Crippen molar-refractivity contribution in [2.45, 2.75) is 51.9 Å². The number of rotatable bonds is 3. The standard InChI is InChI=1S/C36H34O8/c1-16-9-23-20(11-26(16)37)21-13-30-32(18(3)19(21)12-29(23)41-7)44-36(42-8)33(43-30)31-24-14-28(40-6)17(2)10-22(24)27(38)15-25(31)35(4,5)34(36)39/h9-15,33,37-38H,1-8H3/t33-,36-/m0/s1. The van der Waals surface area contributed by atoms with Crippen LogP contribution in [0.2, 0.25) is 0 Å². The van der Waals surface area contributed by atoms with Gasteiger partial charge in [0.2, 0.25) is 5.78 Å². The fraction of sp³-hybridized carbons (Fsp3) is 0.306. The quantitative estimate of drug-likeness (QED) is 0.211. The van der Waals surface area contributed by atoms with Gasteiger partial charge in [0.1, 0.15) is 23.0 Å². The van der Waals surface area contributed by atoms with E-state index in [1.165, 1.54) is 7.11 Å². The lowest BCUT2D eigenvalue weighted by Gasteiger charge is -2.50. The van der Waals surface area contributed by atoms with Crippen LogP contribution in [-0.2, 0) is 14.9 Å². The van der Waals surface area contributed by atoms with Crippen molar-refractivity contribution in [1.29, 1.82) is 0 Å². The lowest BCUT2D eigenvalue weighted by Crippen LogP contribution is -2.63. The van der Waals surface area contributed by atoms with Crippen LogP contribution in [-0.4, -0.2) is 43.1 Å². The van der Waals surface area contributed by atoms with Crippen LogP contribution < -0.4 is 18.9 Å². The Morgan fingerprint density at radius 3 is 2.07 bits per heavy atom. The van der Waals surface area contributed by atoms with E-state index in [0.29, 0.717) is 44.9 Å². The molecule has 2 atom stereocenters. The number of Topliss-reactive ketones (excluding diaryl/α,β-unsaturated/α-hetero) is 1. The Balaban J connectivity index is 1.57. The number of ketones is 1. The van der Waals surface area contributed by atoms with Crippen LogP contribution in [0, 0.1) is 20.8 Å². The minimum absolute atomic E-state index is 0.0600. The molecule has 7 rings (SSSR count). The van der Waals surface area contributed by atoms with Crippen molar-refractivity contribution in [3.05, 3.63) is 70.3 Å². The number of ether oxygens (including phenoxy) is 5. The van der Waals surface area contributed by atoms with E-state index >= 15 is 0 Å². The van der Waals surface area contributed by atoms with E-state index in [1.807, 2.05) is 51.1 Å². The highest BCUT2D eigenvalue weighted by atomic mass is 16.7. The summed E-state index contributed by atoms with van der Waals surface area (Å²) < 4.78 is 31.0. The zero-order valence-corrected chi connectivity index (χ0v) is 26.0. The second kappa shape index (κ2) is 9.16. The number of phenolic OH excluding ortho intramolecular Hbond substituents is 2. The molecule has 0 fully saturated rings. The second-order valence-electron chi connectivity index (χ2n) is 12.3. The zero-order chi connectivity index (χ0) is 31.5. The average molecular weight is 595 g/mol. The largest absolute Gasteiger partial charge is 0.508 e. The van der Waals surface area contributed by atoms with Gasteiger partial charge in [-0.1, -0.05) is 0 Å². The van der Waals surface area contributed by atoms with E-state index in [4.69, 9.17) is 23.7 Å². The molecule has 0 bridgehead atoms. The van der Waals surface area contributed by atoms with Gasteiger partial charge in [0.15, 0.2) is 17.6 Å². The highest BCUT2D eigenvalue weighted by Crippen LogP contribution is 2.58. The first-order valence-electron chi connectivity index (χ1n) is 14.5. The summed E-state index contributed by atoms with van der Waals surface area (Å²) in [5.41, 5.74) is 2.52. The maximum absolute atomic E-state index is 14.5. The number of carbonyl (C=O) groups excluding carboxylic acids is 1. The van der Waals surface area contributed by atoms with Gasteiger partial charge < -0.3 is 33.9 Å². The van der Waals surface area contributed by atoms with Gasteiger partial charge in [-0.3, -0.25) is 4.79 Å². The van der Waals surface area contributed by atoms with Crippen LogP contribution in [0.15, 0.2) is 42.5 Å². The highest BCUT2D eigenvalue weighted by Gasteiger charge is 2.64. The van der Waals surface area contributed by atoms with Gasteiger partial charge in [0.25, 0.3) is 0 Å². The van der Waals surface area contributed by atoms with Crippen molar-refractivity contribution in [2.24, 2.45) is 0 Å². The van der Waals surface area contributed by atoms with Crippen molar-refractivity contribution >= 4 is 38.1 Å². The Morgan fingerprint density at radius 1 is 0.727 bits per heavy atom. The van der Waals surface area contributed by atoms with Crippen molar-refractivity contribution in [3.63, 3.8) is 0 Å². The minimum atomic E-state index is -1.82. The van der Waals surface area contributed by atoms with E-state index < -0.39 is 17.3 Å². The molecule has 1 aliphatic carbocycles. The summed E-state index contributed by atoms with van der Waals surface area (Å²) in [7, 11) is 4.66. The Morgan fingerprint density at radius 2 is 1.39 bits per heavy atom. The third-order valence-corrected chi connectivity index (χ3v) is 9.56. The van der Waals surface area contributed by atoms with Crippen LogP contribution in [0.1, 0.15) is 47.8 Å². The van der Waals surface area contributed by atoms with Gasteiger partial charge in [0.05, 0.1) is 19.6 Å². The molecule has 2 aliphatic rings. The van der Waals surface area contributed by atoms with E-state index in [-0.39, 0.29) is 17.3 Å². The van der Waals surface area contributed by atoms with Crippen LogP contribution in [0.25, 0.3) is 32.3 Å². The molecule has 1 aliphatic heterocycles. The third-order valence-electron chi connectivity index (χ3n) is 9.56. The minimum Gasteiger partial charge on any atom is -0.508 e. The SMILES string of the molecule is COc1cc2c3c(cc(O)c2cc1C)C(C)(C)C(=O)[C@@]1(OC)Oc2c(cc4c(cc(OC)c5cc(C)c(O)cc54)c2C)O[C@@H]31. The molecular formula is C36H34O8. The summed E-state index contributed by atoms with van der Waals surface area (Å²) in [5.74, 6) is 0.180. The molecular weight excluding hydrogens is 560 g/mol. The molecule has 8 heteroatoms. The van der Waals surface area contributed by atoms with Crippen molar-refractivity contribution in [2.75, 3.05) is 21.3 Å². The topological polar surface area (TPSA) is 104 Å².